The van der Waals surface area contributed by atoms with E-state index in [2.05, 4.69) is 28.2 Å². The smallest absolute Gasteiger partial charge is 0.237 e. The van der Waals surface area contributed by atoms with Gasteiger partial charge in [-0.1, -0.05) is 6.92 Å². The van der Waals surface area contributed by atoms with E-state index in [4.69, 9.17) is 0 Å². The lowest BCUT2D eigenvalue weighted by molar-refractivity contribution is -0.135. The van der Waals surface area contributed by atoms with Crippen LogP contribution in [0.15, 0.2) is 11.4 Å². The van der Waals surface area contributed by atoms with Gasteiger partial charge in [0.15, 0.2) is 0 Å². The summed E-state index contributed by atoms with van der Waals surface area (Å²) in [5.74, 6) is 0.664. The summed E-state index contributed by atoms with van der Waals surface area (Å²) in [6.45, 7) is 7.29. The van der Waals surface area contributed by atoms with Crippen LogP contribution < -0.4 is 0 Å². The third kappa shape index (κ3) is 3.62. The van der Waals surface area contributed by atoms with Gasteiger partial charge >= 0.3 is 0 Å². The predicted molar refractivity (Wildman–Crippen MR) is 93.6 cm³/mol. The van der Waals surface area contributed by atoms with Crippen LogP contribution in [0.2, 0.25) is 0 Å². The number of hydrogen-bond acceptors (Lipinski definition) is 4. The highest BCUT2D eigenvalue weighted by Crippen LogP contribution is 2.35. The van der Waals surface area contributed by atoms with Crippen molar-refractivity contribution in [3.05, 3.63) is 21.9 Å². The Bertz CT molecular complexity index is 535. The zero-order valence-corrected chi connectivity index (χ0v) is 15.0. The molecule has 0 saturated carbocycles. The van der Waals surface area contributed by atoms with Crippen LogP contribution in [-0.4, -0.2) is 53.1 Å². The van der Waals surface area contributed by atoms with Crippen LogP contribution in [0.1, 0.15) is 49.6 Å². The van der Waals surface area contributed by atoms with E-state index < -0.39 is 0 Å². The standard InChI is InChI=1S/C18H28N2O2S/c1-3-16-15-7-11-23-17(15)6-10-20(16)18(22)12-19-8-4-14(5-9-19)13(2)21/h7,11,13-14,16,21H,3-6,8-10,12H2,1-2H3. The average Bonchev–Trinajstić information content (AvgIpc) is 3.02. The van der Waals surface area contributed by atoms with Gasteiger partial charge in [-0.15, -0.1) is 11.3 Å². The zero-order chi connectivity index (χ0) is 16.4. The fourth-order valence-corrected chi connectivity index (χ4v) is 4.94. The second-order valence-corrected chi connectivity index (χ2v) is 7.92. The molecule has 1 aromatic rings. The number of carbonyl (C=O) groups excluding carboxylic acids is 1. The first-order valence-corrected chi connectivity index (χ1v) is 9.74. The van der Waals surface area contributed by atoms with E-state index in [9.17, 15) is 9.90 Å². The first kappa shape index (κ1) is 16.9. The predicted octanol–water partition coefficient (Wildman–Crippen LogP) is 2.68. The molecule has 5 heteroatoms. The maximum Gasteiger partial charge on any atom is 0.237 e. The maximum absolute atomic E-state index is 12.8. The van der Waals surface area contributed by atoms with Crippen molar-refractivity contribution in [3.8, 4) is 0 Å². The number of fused-ring (bicyclic) bond motifs is 1. The summed E-state index contributed by atoms with van der Waals surface area (Å²) < 4.78 is 0. The van der Waals surface area contributed by atoms with Crippen molar-refractivity contribution in [2.45, 2.75) is 51.7 Å². The zero-order valence-electron chi connectivity index (χ0n) is 14.2. The molecular weight excluding hydrogens is 308 g/mol. The quantitative estimate of drug-likeness (QED) is 0.919. The number of piperidine rings is 1. The van der Waals surface area contributed by atoms with Crippen LogP contribution >= 0.6 is 11.3 Å². The molecule has 0 radical (unpaired) electrons. The van der Waals surface area contributed by atoms with Crippen molar-refractivity contribution in [2.75, 3.05) is 26.2 Å². The Balaban J connectivity index is 1.59. The van der Waals surface area contributed by atoms with Gasteiger partial charge in [0.1, 0.15) is 0 Å². The van der Waals surface area contributed by atoms with Crippen molar-refractivity contribution in [1.29, 1.82) is 0 Å². The minimum Gasteiger partial charge on any atom is -0.393 e. The van der Waals surface area contributed by atoms with Gasteiger partial charge in [-0.3, -0.25) is 9.69 Å². The molecule has 1 saturated heterocycles. The number of likely N-dealkylation sites (tertiary alicyclic amines) is 1. The average molecular weight is 337 g/mol. The third-order valence-corrected chi connectivity index (χ3v) is 6.47. The number of carbonyl (C=O) groups is 1. The fourth-order valence-electron chi connectivity index (χ4n) is 4.01. The van der Waals surface area contributed by atoms with Crippen molar-refractivity contribution in [1.82, 2.24) is 9.80 Å². The SMILES string of the molecule is CCC1c2ccsc2CCN1C(=O)CN1CCC(C(C)O)CC1. The molecule has 3 rings (SSSR count). The molecule has 2 atom stereocenters. The van der Waals surface area contributed by atoms with Gasteiger partial charge < -0.3 is 10.0 Å². The minimum atomic E-state index is -0.226. The number of aliphatic hydroxyl groups is 1. The molecule has 0 aromatic carbocycles. The highest BCUT2D eigenvalue weighted by molar-refractivity contribution is 7.10. The summed E-state index contributed by atoms with van der Waals surface area (Å²) in [6.07, 6.45) is 3.75. The molecule has 2 aliphatic rings. The summed E-state index contributed by atoms with van der Waals surface area (Å²) in [5.41, 5.74) is 1.37. The first-order valence-electron chi connectivity index (χ1n) is 8.86. The molecule has 1 fully saturated rings. The van der Waals surface area contributed by atoms with Gasteiger partial charge in [0, 0.05) is 11.4 Å². The van der Waals surface area contributed by atoms with Crippen LogP contribution in [0.3, 0.4) is 0 Å². The molecule has 3 heterocycles. The summed E-state index contributed by atoms with van der Waals surface area (Å²) in [7, 11) is 0. The molecular formula is C18H28N2O2S. The molecule has 128 valence electrons. The molecule has 2 unspecified atom stereocenters. The highest BCUT2D eigenvalue weighted by atomic mass is 32.1. The topological polar surface area (TPSA) is 43.8 Å². The number of amides is 1. The summed E-state index contributed by atoms with van der Waals surface area (Å²) in [6, 6.07) is 2.45. The van der Waals surface area contributed by atoms with Crippen LogP contribution in [0.5, 0.6) is 0 Å². The van der Waals surface area contributed by atoms with Crippen LogP contribution in [0.4, 0.5) is 0 Å². The Morgan fingerprint density at radius 1 is 1.39 bits per heavy atom. The lowest BCUT2D eigenvalue weighted by Crippen LogP contribution is -2.47. The summed E-state index contributed by atoms with van der Waals surface area (Å²) in [5, 5.41) is 11.9. The molecule has 0 spiro atoms. The normalized spacial score (nSPS) is 24.5. The van der Waals surface area contributed by atoms with Gasteiger partial charge in [-0.25, -0.2) is 0 Å². The van der Waals surface area contributed by atoms with Gasteiger partial charge in [0.2, 0.25) is 5.91 Å². The van der Waals surface area contributed by atoms with Crippen molar-refractivity contribution < 1.29 is 9.90 Å². The number of rotatable bonds is 4. The number of hydrogen-bond donors (Lipinski definition) is 1. The van der Waals surface area contributed by atoms with Gasteiger partial charge in [0.25, 0.3) is 0 Å². The largest absolute Gasteiger partial charge is 0.393 e. The van der Waals surface area contributed by atoms with Crippen molar-refractivity contribution >= 4 is 17.2 Å². The number of thiophene rings is 1. The van der Waals surface area contributed by atoms with Crippen LogP contribution in [-0.2, 0) is 11.2 Å². The van der Waals surface area contributed by atoms with Gasteiger partial charge in [0.05, 0.1) is 18.7 Å². The van der Waals surface area contributed by atoms with E-state index in [1.54, 1.807) is 0 Å². The van der Waals surface area contributed by atoms with E-state index in [0.717, 1.165) is 45.3 Å². The van der Waals surface area contributed by atoms with Crippen molar-refractivity contribution in [2.24, 2.45) is 5.92 Å². The van der Waals surface area contributed by atoms with E-state index in [-0.39, 0.29) is 18.1 Å². The molecule has 23 heavy (non-hydrogen) atoms. The van der Waals surface area contributed by atoms with E-state index in [0.29, 0.717) is 12.5 Å². The molecule has 4 nitrogen and oxygen atoms in total. The second kappa shape index (κ2) is 7.32. The molecule has 1 aromatic heterocycles. The fraction of sp³-hybridized carbons (Fsp3) is 0.722. The molecule has 1 N–H and O–H groups in total. The molecule has 0 aliphatic carbocycles. The van der Waals surface area contributed by atoms with Crippen molar-refractivity contribution in [3.63, 3.8) is 0 Å². The molecule has 1 amide bonds. The number of aliphatic hydroxyl groups excluding tert-OH is 1. The van der Waals surface area contributed by atoms with E-state index in [1.807, 2.05) is 18.3 Å². The van der Waals surface area contributed by atoms with E-state index in [1.165, 1.54) is 10.4 Å². The van der Waals surface area contributed by atoms with Crippen LogP contribution in [0, 0.1) is 5.92 Å². The van der Waals surface area contributed by atoms with Gasteiger partial charge in [-0.05, 0) is 68.6 Å². The highest BCUT2D eigenvalue weighted by Gasteiger charge is 2.32. The van der Waals surface area contributed by atoms with Crippen LogP contribution in [0.25, 0.3) is 0 Å². The Kier molecular flexibility index (Phi) is 5.39. The Morgan fingerprint density at radius 3 is 2.78 bits per heavy atom. The summed E-state index contributed by atoms with van der Waals surface area (Å²) in [4.78, 5) is 18.6. The monoisotopic (exact) mass is 336 g/mol. The minimum absolute atomic E-state index is 0.226. The second-order valence-electron chi connectivity index (χ2n) is 6.91. The Morgan fingerprint density at radius 2 is 2.13 bits per heavy atom. The maximum atomic E-state index is 12.8. The summed E-state index contributed by atoms with van der Waals surface area (Å²) >= 11 is 1.82. The molecule has 2 aliphatic heterocycles. The third-order valence-electron chi connectivity index (χ3n) is 5.48. The Labute approximate surface area is 143 Å². The Hall–Kier alpha value is -0.910. The first-order chi connectivity index (χ1) is 11.1. The lowest BCUT2D eigenvalue weighted by atomic mass is 9.92. The van der Waals surface area contributed by atoms with E-state index >= 15 is 0 Å². The number of nitrogens with zero attached hydrogens (tertiary/aromatic N) is 2. The molecule has 0 bridgehead atoms. The van der Waals surface area contributed by atoms with Gasteiger partial charge in [-0.2, -0.15) is 0 Å². The lowest BCUT2D eigenvalue weighted by Gasteiger charge is -2.38.